The monoisotopic (exact) mass is 392 g/mol. The highest BCUT2D eigenvalue weighted by atomic mass is 16.5. The van der Waals surface area contributed by atoms with E-state index >= 15 is 0 Å². The van der Waals surface area contributed by atoms with E-state index in [1.165, 1.54) is 21.7 Å². The number of aromatic nitrogens is 5. The Bertz CT molecular complexity index is 1230. The second kappa shape index (κ2) is 8.09. The maximum Gasteiger partial charge on any atom is 0.280 e. The first-order valence-corrected chi connectivity index (χ1v) is 9.24. The Morgan fingerprint density at radius 2 is 2.10 bits per heavy atom. The van der Waals surface area contributed by atoms with Crippen LogP contribution in [0.2, 0.25) is 0 Å². The topological polar surface area (TPSA) is 103 Å². The summed E-state index contributed by atoms with van der Waals surface area (Å²) in [5.41, 5.74) is 0.664. The van der Waals surface area contributed by atoms with E-state index in [0.29, 0.717) is 30.8 Å². The first-order valence-electron chi connectivity index (χ1n) is 9.24. The quantitative estimate of drug-likeness (QED) is 0.476. The van der Waals surface area contributed by atoms with Gasteiger partial charge in [0.1, 0.15) is 24.9 Å². The van der Waals surface area contributed by atoms with E-state index in [0.717, 1.165) is 16.5 Å². The fourth-order valence-electron chi connectivity index (χ4n) is 3.04. The van der Waals surface area contributed by atoms with Crippen LogP contribution in [0.3, 0.4) is 0 Å². The number of imidazole rings is 1. The zero-order chi connectivity index (χ0) is 20.2. The van der Waals surface area contributed by atoms with Gasteiger partial charge in [-0.1, -0.05) is 6.07 Å². The van der Waals surface area contributed by atoms with Crippen LogP contribution in [0.25, 0.3) is 16.3 Å². The molecule has 0 aliphatic heterocycles. The van der Waals surface area contributed by atoms with Gasteiger partial charge in [0.2, 0.25) is 5.91 Å². The van der Waals surface area contributed by atoms with Gasteiger partial charge in [-0.2, -0.15) is 5.10 Å². The number of hydrogen-bond acceptors (Lipinski definition) is 6. The highest BCUT2D eigenvalue weighted by Gasteiger charge is 2.10. The van der Waals surface area contributed by atoms with Gasteiger partial charge in [-0.3, -0.25) is 19.1 Å². The first kappa shape index (κ1) is 18.6. The van der Waals surface area contributed by atoms with Crippen molar-refractivity contribution in [3.63, 3.8) is 0 Å². The van der Waals surface area contributed by atoms with Crippen LogP contribution in [0.4, 0.5) is 0 Å². The van der Waals surface area contributed by atoms with Crippen LogP contribution < -0.4 is 15.6 Å². The molecule has 0 spiro atoms. The molecular weight excluding hydrogens is 372 g/mol. The average Bonchev–Trinajstić information content (AvgIpc) is 3.11. The smallest absolute Gasteiger partial charge is 0.280 e. The van der Waals surface area contributed by atoms with Crippen LogP contribution in [0.5, 0.6) is 5.75 Å². The second-order valence-corrected chi connectivity index (χ2v) is 6.62. The van der Waals surface area contributed by atoms with Gasteiger partial charge >= 0.3 is 0 Å². The number of nitrogens with one attached hydrogen (secondary N) is 1. The summed E-state index contributed by atoms with van der Waals surface area (Å²) in [6.45, 7) is 2.55. The summed E-state index contributed by atoms with van der Waals surface area (Å²) in [5, 5.41) is 9.01. The summed E-state index contributed by atoms with van der Waals surface area (Å²) in [7, 11) is 0. The Morgan fingerprint density at radius 1 is 1.21 bits per heavy atom. The van der Waals surface area contributed by atoms with Crippen LogP contribution in [0.1, 0.15) is 12.1 Å². The fourth-order valence-corrected chi connectivity index (χ4v) is 3.04. The molecule has 9 heteroatoms. The van der Waals surface area contributed by atoms with Gasteiger partial charge in [0, 0.05) is 24.3 Å². The van der Waals surface area contributed by atoms with Crippen molar-refractivity contribution in [3.8, 4) is 5.75 Å². The Hall–Kier alpha value is -3.75. The summed E-state index contributed by atoms with van der Waals surface area (Å²) in [4.78, 5) is 32.7. The lowest BCUT2D eigenvalue weighted by Crippen LogP contribution is -2.34. The van der Waals surface area contributed by atoms with Gasteiger partial charge < -0.3 is 10.1 Å². The van der Waals surface area contributed by atoms with Crippen molar-refractivity contribution in [1.29, 1.82) is 0 Å². The van der Waals surface area contributed by atoms with E-state index in [9.17, 15) is 9.59 Å². The molecule has 0 aliphatic rings. The number of amides is 1. The Balaban J connectivity index is 1.25. The maximum atomic E-state index is 12.4. The molecule has 29 heavy (non-hydrogen) atoms. The van der Waals surface area contributed by atoms with Gasteiger partial charge in [0.25, 0.3) is 5.56 Å². The summed E-state index contributed by atoms with van der Waals surface area (Å²) < 4.78 is 8.42. The van der Waals surface area contributed by atoms with Crippen molar-refractivity contribution in [2.24, 2.45) is 0 Å². The second-order valence-electron chi connectivity index (χ2n) is 6.62. The van der Waals surface area contributed by atoms with Gasteiger partial charge in [-0.25, -0.2) is 9.50 Å². The number of benzene rings is 1. The first-order chi connectivity index (χ1) is 14.1. The van der Waals surface area contributed by atoms with E-state index in [1.807, 2.05) is 24.3 Å². The van der Waals surface area contributed by atoms with Crippen molar-refractivity contribution >= 4 is 22.2 Å². The maximum absolute atomic E-state index is 12.4. The molecule has 0 unspecified atom stereocenters. The van der Waals surface area contributed by atoms with Gasteiger partial charge in [-0.05, 0) is 36.9 Å². The zero-order valence-corrected chi connectivity index (χ0v) is 15.9. The number of rotatable bonds is 7. The predicted octanol–water partition coefficient (Wildman–Crippen LogP) is 1.33. The number of ether oxygens (including phenoxy) is 1. The number of hydrogen-bond donors (Lipinski definition) is 1. The Morgan fingerprint density at radius 3 is 3.00 bits per heavy atom. The number of carbonyl (C=O) groups excluding carboxylic acids is 1. The van der Waals surface area contributed by atoms with Crippen LogP contribution >= 0.6 is 0 Å². The fraction of sp³-hybridized carbons (Fsp3) is 0.250. The SMILES string of the molecule is Cc1ncn2ncn(CC(=O)NCCCOc3ccc4ccncc4c3)c(=O)c12. The predicted molar refractivity (Wildman–Crippen MR) is 107 cm³/mol. The summed E-state index contributed by atoms with van der Waals surface area (Å²) in [6.07, 6.45) is 7.01. The molecule has 0 fully saturated rings. The van der Waals surface area contributed by atoms with E-state index in [-0.39, 0.29) is 18.0 Å². The molecule has 0 saturated carbocycles. The zero-order valence-electron chi connectivity index (χ0n) is 15.9. The molecule has 1 N–H and O–H groups in total. The lowest BCUT2D eigenvalue weighted by Gasteiger charge is -2.09. The van der Waals surface area contributed by atoms with E-state index in [2.05, 4.69) is 20.4 Å². The highest BCUT2D eigenvalue weighted by Crippen LogP contribution is 2.19. The van der Waals surface area contributed by atoms with Crippen molar-refractivity contribution < 1.29 is 9.53 Å². The molecule has 0 radical (unpaired) electrons. The van der Waals surface area contributed by atoms with E-state index < -0.39 is 0 Å². The molecule has 1 amide bonds. The highest BCUT2D eigenvalue weighted by molar-refractivity contribution is 5.82. The normalized spacial score (nSPS) is 11.1. The van der Waals surface area contributed by atoms with Crippen molar-refractivity contribution in [1.82, 2.24) is 29.5 Å². The van der Waals surface area contributed by atoms with Gasteiger partial charge in [-0.15, -0.1) is 0 Å². The third kappa shape index (κ3) is 4.08. The lowest BCUT2D eigenvalue weighted by atomic mass is 10.2. The Kier molecular flexibility index (Phi) is 5.19. The Labute approximate surface area is 166 Å². The molecule has 4 rings (SSSR count). The molecule has 4 aromatic rings. The van der Waals surface area contributed by atoms with E-state index in [4.69, 9.17) is 4.74 Å². The third-order valence-electron chi connectivity index (χ3n) is 4.55. The van der Waals surface area contributed by atoms with Gasteiger partial charge in [0.15, 0.2) is 5.52 Å². The third-order valence-corrected chi connectivity index (χ3v) is 4.55. The molecule has 1 aromatic carbocycles. The minimum atomic E-state index is -0.292. The molecule has 0 aliphatic carbocycles. The molecule has 3 heterocycles. The molecule has 148 valence electrons. The standard InChI is InChI=1S/C20H20N6O3/c1-14-19-20(28)25(13-24-26(19)12-23-14)11-18(27)22-6-2-8-29-17-4-3-15-5-7-21-10-16(15)9-17/h3-5,7,9-10,12-13H,2,6,8,11H2,1H3,(H,22,27). The minimum absolute atomic E-state index is 0.0918. The molecule has 0 bridgehead atoms. The average molecular weight is 392 g/mol. The van der Waals surface area contributed by atoms with Crippen molar-refractivity contribution in [3.05, 3.63) is 65.4 Å². The number of aryl methyl sites for hydroxylation is 1. The van der Waals surface area contributed by atoms with Crippen LogP contribution in [0, 0.1) is 6.92 Å². The largest absolute Gasteiger partial charge is 0.494 e. The van der Waals surface area contributed by atoms with Crippen LogP contribution in [-0.2, 0) is 11.3 Å². The summed E-state index contributed by atoms with van der Waals surface area (Å²) in [6, 6.07) is 7.78. The molecule has 3 aromatic heterocycles. The molecule has 0 saturated heterocycles. The number of fused-ring (bicyclic) bond motifs is 2. The molecular formula is C20H20N6O3. The van der Waals surface area contributed by atoms with Crippen LogP contribution in [0.15, 0.2) is 54.1 Å². The molecule has 9 nitrogen and oxygen atoms in total. The van der Waals surface area contributed by atoms with Gasteiger partial charge in [0.05, 0.1) is 12.3 Å². The number of nitrogens with zero attached hydrogens (tertiary/aromatic N) is 5. The van der Waals surface area contributed by atoms with Crippen LogP contribution in [-0.4, -0.2) is 43.2 Å². The van der Waals surface area contributed by atoms with Crippen molar-refractivity contribution in [2.75, 3.05) is 13.2 Å². The summed E-state index contributed by atoms with van der Waals surface area (Å²) in [5.74, 6) is 0.506. The lowest BCUT2D eigenvalue weighted by molar-refractivity contribution is -0.121. The number of carbonyl (C=O) groups is 1. The molecule has 0 atom stereocenters. The number of pyridine rings is 1. The van der Waals surface area contributed by atoms with E-state index in [1.54, 1.807) is 19.3 Å². The van der Waals surface area contributed by atoms with Crippen molar-refractivity contribution in [2.45, 2.75) is 19.9 Å². The minimum Gasteiger partial charge on any atom is -0.494 e. The summed E-state index contributed by atoms with van der Waals surface area (Å²) >= 11 is 0.